The molecular weight excluding hydrogens is 326 g/mol. The quantitative estimate of drug-likeness (QED) is 0.837. The molecule has 2 aromatic carbocycles. The summed E-state index contributed by atoms with van der Waals surface area (Å²) in [5.41, 5.74) is 3.94. The number of carbonyl (C=O) groups is 1. The van der Waals surface area contributed by atoms with Gasteiger partial charge in [-0.3, -0.25) is 4.79 Å². The van der Waals surface area contributed by atoms with Crippen molar-refractivity contribution in [2.24, 2.45) is 4.99 Å². The van der Waals surface area contributed by atoms with Crippen LogP contribution in [0.25, 0.3) is 0 Å². The van der Waals surface area contributed by atoms with Gasteiger partial charge in [-0.15, -0.1) is 0 Å². The fourth-order valence-corrected chi connectivity index (χ4v) is 3.70. The van der Waals surface area contributed by atoms with Crippen LogP contribution in [0, 0.1) is 6.92 Å². The number of benzene rings is 2. The maximum absolute atomic E-state index is 13.2. The Morgan fingerprint density at radius 1 is 1.19 bits per heavy atom. The van der Waals surface area contributed by atoms with Gasteiger partial charge in [0, 0.05) is 12.1 Å². The first-order chi connectivity index (χ1) is 12.6. The molecule has 1 amide bonds. The number of methoxy groups -OCH3 is 1. The number of anilines is 1. The van der Waals surface area contributed by atoms with E-state index in [0.29, 0.717) is 12.5 Å². The molecule has 0 radical (unpaired) electrons. The number of amides is 1. The molecule has 1 unspecified atom stereocenters. The van der Waals surface area contributed by atoms with Crippen molar-refractivity contribution in [1.29, 1.82) is 0 Å². The highest BCUT2D eigenvalue weighted by Crippen LogP contribution is 2.40. The highest BCUT2D eigenvalue weighted by Gasteiger charge is 2.45. The number of ether oxygens (including phenoxy) is 1. The summed E-state index contributed by atoms with van der Waals surface area (Å²) in [7, 11) is 1.65. The molecule has 2 heterocycles. The van der Waals surface area contributed by atoms with Crippen molar-refractivity contribution in [3.05, 3.63) is 53.6 Å². The predicted molar refractivity (Wildman–Crippen MR) is 103 cm³/mol. The number of guanidine groups is 1. The van der Waals surface area contributed by atoms with Crippen LogP contribution in [0.1, 0.15) is 30.9 Å². The largest absolute Gasteiger partial charge is 0.494 e. The van der Waals surface area contributed by atoms with Gasteiger partial charge < -0.3 is 9.64 Å². The van der Waals surface area contributed by atoms with Gasteiger partial charge in [0.25, 0.3) is 5.91 Å². The first kappa shape index (κ1) is 16.6. The van der Waals surface area contributed by atoms with E-state index in [9.17, 15) is 4.79 Å². The van der Waals surface area contributed by atoms with Gasteiger partial charge in [0.15, 0.2) is 0 Å². The number of rotatable bonds is 4. The molecule has 2 aliphatic rings. The zero-order valence-corrected chi connectivity index (χ0v) is 15.4. The Balaban J connectivity index is 1.85. The topological polar surface area (TPSA) is 45.1 Å². The summed E-state index contributed by atoms with van der Waals surface area (Å²) in [5, 5.41) is 0. The SMILES string of the molecule is CCCC1C(=O)N(c2ccc(C)cc2)C2=Nc3c(cccc3OC)CN21. The second-order valence-electron chi connectivity index (χ2n) is 6.82. The molecule has 1 saturated heterocycles. The van der Waals surface area contributed by atoms with Crippen molar-refractivity contribution in [2.45, 2.75) is 39.3 Å². The Morgan fingerprint density at radius 3 is 2.65 bits per heavy atom. The molecule has 0 aliphatic carbocycles. The molecule has 0 bridgehead atoms. The maximum Gasteiger partial charge on any atom is 0.256 e. The van der Waals surface area contributed by atoms with Gasteiger partial charge in [-0.2, -0.15) is 0 Å². The van der Waals surface area contributed by atoms with Crippen LogP contribution in [0.4, 0.5) is 11.4 Å². The Kier molecular flexibility index (Phi) is 4.15. The third-order valence-electron chi connectivity index (χ3n) is 5.05. The van der Waals surface area contributed by atoms with Crippen molar-refractivity contribution in [1.82, 2.24) is 4.90 Å². The fourth-order valence-electron chi connectivity index (χ4n) is 3.70. The molecule has 5 heteroatoms. The standard InChI is InChI=1S/C21H23N3O2/c1-4-6-17-20(25)24(16-11-9-14(2)10-12-16)21-22-19-15(13-23(17)21)7-5-8-18(19)26-3/h5,7-12,17H,4,6,13H2,1-3H3. The van der Waals surface area contributed by atoms with Crippen LogP contribution in [0.15, 0.2) is 47.5 Å². The minimum atomic E-state index is -0.167. The monoisotopic (exact) mass is 349 g/mol. The van der Waals surface area contributed by atoms with Crippen molar-refractivity contribution in [3.63, 3.8) is 0 Å². The van der Waals surface area contributed by atoms with Crippen LogP contribution in [-0.4, -0.2) is 29.9 Å². The van der Waals surface area contributed by atoms with Crippen LogP contribution in [0.3, 0.4) is 0 Å². The lowest BCUT2D eigenvalue weighted by atomic mass is 10.1. The number of para-hydroxylation sites is 1. The molecular formula is C21H23N3O2. The van der Waals surface area contributed by atoms with E-state index >= 15 is 0 Å². The Hall–Kier alpha value is -2.82. The molecule has 2 aromatic rings. The van der Waals surface area contributed by atoms with Gasteiger partial charge in [0.05, 0.1) is 12.8 Å². The van der Waals surface area contributed by atoms with E-state index in [1.54, 1.807) is 12.0 Å². The highest BCUT2D eigenvalue weighted by molar-refractivity contribution is 6.24. The Bertz CT molecular complexity index is 873. The molecule has 4 rings (SSSR count). The smallest absolute Gasteiger partial charge is 0.256 e. The number of aryl methyl sites for hydroxylation is 1. The van der Waals surface area contributed by atoms with E-state index in [1.807, 2.05) is 43.3 Å². The van der Waals surface area contributed by atoms with E-state index in [2.05, 4.69) is 17.9 Å². The van der Waals surface area contributed by atoms with Crippen molar-refractivity contribution in [3.8, 4) is 5.75 Å². The molecule has 1 fully saturated rings. The van der Waals surface area contributed by atoms with Crippen LogP contribution in [0.5, 0.6) is 5.75 Å². The van der Waals surface area contributed by atoms with E-state index in [0.717, 1.165) is 35.5 Å². The van der Waals surface area contributed by atoms with Gasteiger partial charge in [-0.1, -0.05) is 43.2 Å². The van der Waals surface area contributed by atoms with Crippen molar-refractivity contribution in [2.75, 3.05) is 12.0 Å². The molecule has 0 spiro atoms. The molecule has 0 saturated carbocycles. The summed E-state index contributed by atoms with van der Waals surface area (Å²) < 4.78 is 5.49. The third-order valence-corrected chi connectivity index (χ3v) is 5.05. The molecule has 26 heavy (non-hydrogen) atoms. The number of hydrogen-bond donors (Lipinski definition) is 0. The molecule has 1 atom stereocenters. The number of fused-ring (bicyclic) bond motifs is 2. The van der Waals surface area contributed by atoms with E-state index in [4.69, 9.17) is 9.73 Å². The average molecular weight is 349 g/mol. The summed E-state index contributed by atoms with van der Waals surface area (Å²) in [5.74, 6) is 1.54. The van der Waals surface area contributed by atoms with Gasteiger partial charge in [-0.25, -0.2) is 9.89 Å². The van der Waals surface area contributed by atoms with Crippen LogP contribution in [-0.2, 0) is 11.3 Å². The predicted octanol–water partition coefficient (Wildman–Crippen LogP) is 4.02. The zero-order chi connectivity index (χ0) is 18.3. The van der Waals surface area contributed by atoms with Gasteiger partial charge in [0.2, 0.25) is 5.96 Å². The van der Waals surface area contributed by atoms with Gasteiger partial charge in [-0.05, 0) is 31.5 Å². The molecule has 0 N–H and O–H groups in total. The highest BCUT2D eigenvalue weighted by atomic mass is 16.5. The number of aliphatic imine (C=N–C) groups is 1. The Labute approximate surface area is 153 Å². The number of hydrogen-bond acceptors (Lipinski definition) is 4. The lowest BCUT2D eigenvalue weighted by molar-refractivity contribution is -0.120. The third kappa shape index (κ3) is 2.55. The Morgan fingerprint density at radius 2 is 1.96 bits per heavy atom. The summed E-state index contributed by atoms with van der Waals surface area (Å²) in [6, 6.07) is 13.8. The molecule has 0 aromatic heterocycles. The maximum atomic E-state index is 13.2. The normalized spacial score (nSPS) is 18.5. The molecule has 134 valence electrons. The van der Waals surface area contributed by atoms with E-state index in [-0.39, 0.29) is 11.9 Å². The lowest BCUT2D eigenvalue weighted by Gasteiger charge is -2.29. The minimum Gasteiger partial charge on any atom is -0.494 e. The fraction of sp³-hybridized carbons (Fsp3) is 0.333. The lowest BCUT2D eigenvalue weighted by Crippen LogP contribution is -2.37. The number of nitrogens with zero attached hydrogens (tertiary/aromatic N) is 3. The first-order valence-corrected chi connectivity index (χ1v) is 9.06. The van der Waals surface area contributed by atoms with Crippen molar-refractivity contribution >= 4 is 23.2 Å². The average Bonchev–Trinajstić information content (AvgIpc) is 2.92. The zero-order valence-electron chi connectivity index (χ0n) is 15.4. The minimum absolute atomic E-state index is 0.0984. The summed E-state index contributed by atoms with van der Waals surface area (Å²) in [4.78, 5) is 22.0. The second kappa shape index (κ2) is 6.48. The van der Waals surface area contributed by atoms with Crippen LogP contribution >= 0.6 is 0 Å². The van der Waals surface area contributed by atoms with Gasteiger partial charge in [0.1, 0.15) is 17.5 Å². The number of carbonyl (C=O) groups excluding carboxylic acids is 1. The molecule has 2 aliphatic heterocycles. The summed E-state index contributed by atoms with van der Waals surface area (Å²) in [6.07, 6.45) is 1.77. The van der Waals surface area contributed by atoms with Crippen molar-refractivity contribution < 1.29 is 9.53 Å². The van der Waals surface area contributed by atoms with Crippen LogP contribution < -0.4 is 9.64 Å². The van der Waals surface area contributed by atoms with E-state index < -0.39 is 0 Å². The summed E-state index contributed by atoms with van der Waals surface area (Å²) >= 11 is 0. The first-order valence-electron chi connectivity index (χ1n) is 9.06. The molecule has 5 nitrogen and oxygen atoms in total. The van der Waals surface area contributed by atoms with E-state index in [1.165, 1.54) is 5.56 Å². The van der Waals surface area contributed by atoms with Gasteiger partial charge >= 0.3 is 0 Å². The van der Waals surface area contributed by atoms with Crippen LogP contribution in [0.2, 0.25) is 0 Å². The summed E-state index contributed by atoms with van der Waals surface area (Å²) in [6.45, 7) is 4.82. The second-order valence-corrected chi connectivity index (χ2v) is 6.82.